The lowest BCUT2D eigenvalue weighted by Crippen LogP contribution is -2.46. The highest BCUT2D eigenvalue weighted by Crippen LogP contribution is 2.63. The highest BCUT2D eigenvalue weighted by Gasteiger charge is 2.65. The van der Waals surface area contributed by atoms with Gasteiger partial charge < -0.3 is 33.8 Å². The monoisotopic (exact) mass is 1900 g/mol. The van der Waals surface area contributed by atoms with E-state index in [1.807, 2.05) is 54.6 Å². The molecule has 2 fully saturated rings. The largest absolute Gasteiger partial charge is 0.360 e. The van der Waals surface area contributed by atoms with E-state index < -0.39 is 16.8 Å². The van der Waals surface area contributed by atoms with Crippen LogP contribution in [-0.4, -0.2) is 5.92 Å². The summed E-state index contributed by atoms with van der Waals surface area (Å²) >= 11 is 0. The first kappa shape index (κ1) is 99.2. The zero-order valence-corrected chi connectivity index (χ0v) is 88.0. The van der Waals surface area contributed by atoms with E-state index in [1.54, 1.807) is 27.7 Å². The minimum Gasteiger partial charge on any atom is -0.360 e. The fraction of sp³-hybridized carbons (Fsp3) is 0.289. The Morgan fingerprint density at radius 1 is 0.222 bits per heavy atom. The van der Waals surface area contributed by atoms with Gasteiger partial charge in [0.05, 0.1) is 44.4 Å². The van der Waals surface area contributed by atoms with Crippen molar-refractivity contribution in [3.8, 4) is 44.5 Å². The van der Waals surface area contributed by atoms with Crippen molar-refractivity contribution < 1.29 is 23.0 Å². The van der Waals surface area contributed by atoms with Crippen LogP contribution in [0.5, 0.6) is 0 Å². The zero-order valence-electron chi connectivity index (χ0n) is 88.0. The van der Waals surface area contributed by atoms with Gasteiger partial charge in [0.25, 0.3) is 5.92 Å². The highest BCUT2D eigenvalue weighted by molar-refractivity contribution is 5.88. The molecule has 6 aliphatic rings. The first-order chi connectivity index (χ1) is 69.1. The normalized spacial score (nSPS) is 18.0. The molecule has 1 saturated heterocycles. The van der Waals surface area contributed by atoms with Gasteiger partial charge in [0, 0.05) is 68.2 Å². The SMILES string of the molecule is CCC1(CC)OC(CC)(CC)c2cc(-c3c(C)cc(N(c4ccccc4)c4ccccc4)cc3C)ccc21.Cc1cc(N(c2ccccc2)c2ccccc2)cc(C)c1-c1ccc2c(c1)C(C)(C)C(F)(F)C2(C)C.Cc1cc(N(c2ccccc2)c2ccccc2)cc(C)c1-c1ccc2c(c1)C(C)(C)OC21CCCC1.Cc1cc(N(c2ccccc2)c2ccccc2)cc(C)c1-c1ccc2c(c1)C1(C)CCC2(C)O1. The molecule has 4 aliphatic heterocycles. The van der Waals surface area contributed by atoms with Crippen molar-refractivity contribution in [2.75, 3.05) is 19.6 Å². The molecular formula is C135H140F2N4O3. The first-order valence-corrected chi connectivity index (χ1v) is 52.3. The van der Waals surface area contributed by atoms with E-state index in [-0.39, 0.29) is 33.6 Å². The Balaban J connectivity index is 0.000000122. The van der Waals surface area contributed by atoms with Crippen LogP contribution in [-0.2, 0) is 58.6 Å². The molecule has 732 valence electrons. The summed E-state index contributed by atoms with van der Waals surface area (Å²) in [5.41, 5.74) is 39.9. The second-order valence-electron chi connectivity index (χ2n) is 43.1. The van der Waals surface area contributed by atoms with E-state index in [4.69, 9.17) is 14.2 Å². The van der Waals surface area contributed by atoms with E-state index in [9.17, 15) is 0 Å². The number of para-hydroxylation sites is 8. The van der Waals surface area contributed by atoms with Crippen molar-refractivity contribution in [1.29, 1.82) is 0 Å². The summed E-state index contributed by atoms with van der Waals surface area (Å²) in [5.74, 6) is -2.83. The summed E-state index contributed by atoms with van der Waals surface area (Å²) in [6.07, 6.45) is 11.0. The number of benzene rings is 16. The van der Waals surface area contributed by atoms with Crippen LogP contribution >= 0.6 is 0 Å². The summed E-state index contributed by atoms with van der Waals surface area (Å²) in [5, 5.41) is 0. The molecule has 1 saturated carbocycles. The van der Waals surface area contributed by atoms with Crippen LogP contribution in [0.4, 0.5) is 77.0 Å². The average molecular weight is 1900 g/mol. The van der Waals surface area contributed by atoms with Crippen molar-refractivity contribution in [3.63, 3.8) is 0 Å². The van der Waals surface area contributed by atoms with E-state index in [0.29, 0.717) is 0 Å². The van der Waals surface area contributed by atoms with Gasteiger partial charge >= 0.3 is 0 Å². The van der Waals surface area contributed by atoms with Crippen LogP contribution in [0.25, 0.3) is 44.5 Å². The molecule has 4 heterocycles. The molecule has 1 spiro atoms. The van der Waals surface area contributed by atoms with Crippen LogP contribution in [0, 0.1) is 55.4 Å². The lowest BCUT2D eigenvalue weighted by molar-refractivity contribution is -0.151. The fourth-order valence-electron chi connectivity index (χ4n) is 25.5. The summed E-state index contributed by atoms with van der Waals surface area (Å²) in [4.78, 5) is 9.27. The van der Waals surface area contributed by atoms with Crippen molar-refractivity contribution in [2.45, 2.75) is 253 Å². The predicted octanol–water partition coefficient (Wildman–Crippen LogP) is 38.3. The molecule has 16 aromatic rings. The number of alkyl halides is 2. The number of hydrogen-bond donors (Lipinski definition) is 0. The van der Waals surface area contributed by atoms with E-state index >= 15 is 8.78 Å². The Labute approximate surface area is 855 Å². The smallest absolute Gasteiger partial charge is 0.266 e. The molecule has 2 atom stereocenters. The number of aryl methyl sites for hydroxylation is 8. The minimum absolute atomic E-state index is 0.0722. The Morgan fingerprint density at radius 2 is 0.458 bits per heavy atom. The molecule has 0 aromatic heterocycles. The Hall–Kier alpha value is -13.5. The van der Waals surface area contributed by atoms with E-state index in [0.717, 1.165) is 136 Å². The lowest BCUT2D eigenvalue weighted by atomic mass is 9.77. The molecule has 0 N–H and O–H groups in total. The lowest BCUT2D eigenvalue weighted by Gasteiger charge is -2.35. The summed E-state index contributed by atoms with van der Waals surface area (Å²) in [7, 11) is 0. The number of anilines is 12. The summed E-state index contributed by atoms with van der Waals surface area (Å²) < 4.78 is 51.2. The number of hydrogen-bond acceptors (Lipinski definition) is 7. The van der Waals surface area contributed by atoms with Gasteiger partial charge in [0.2, 0.25) is 0 Å². The molecule has 22 rings (SSSR count). The maximum Gasteiger partial charge on any atom is 0.266 e. The zero-order chi connectivity index (χ0) is 101. The molecule has 0 radical (unpaired) electrons. The number of fused-ring (bicyclic) bond motifs is 9. The summed E-state index contributed by atoms with van der Waals surface area (Å²) in [6.45, 7) is 42.4. The maximum absolute atomic E-state index is 15.4. The van der Waals surface area contributed by atoms with Crippen LogP contribution in [0.1, 0.15) is 236 Å². The third-order valence-corrected chi connectivity index (χ3v) is 32.7. The molecular weight excluding hydrogens is 1760 g/mol. The standard InChI is InChI=1S/C36H41NO.C34H35NO.C33H33F2N.C32H31NO/c1-7-35(8-2)32-22-21-28(25-33(32)36(9-3,10-4)38-35)34-26(5)23-31(24-27(34)6)37(29-17-13-11-14-18-29)30-19-15-12-16-20-30;1-24-21-29(35(27-13-7-5-8-14-27)28-15-9-6-10-16-28)22-25(2)32(24)26-17-18-30-31(23-26)33(3,4)36-34(30)19-11-12-20-34;1-22-19-27(36(25-13-9-7-10-14-25)26-15-11-8-12-16-26)20-23(2)30(22)24-17-18-28-29(21-24)32(5,6)33(34,35)31(28,3)4;1-22-19-27(33(25-11-7-5-8-12-25)26-13-9-6-10-14-26)20-23(2)30(22)24-15-16-28-29(21-24)32(4)18-17-31(28,3)34-32/h11-25H,7-10H2,1-6H3;5-10,13-18,21-23H,11-12,19-20H2,1-4H3;7-21H,1-6H3;5-16,19-21H,17-18H2,1-4H3. The third kappa shape index (κ3) is 17.8. The van der Waals surface area contributed by atoms with Gasteiger partial charge in [-0.2, -0.15) is 0 Å². The molecule has 16 aromatic carbocycles. The fourth-order valence-corrected chi connectivity index (χ4v) is 25.5. The number of ether oxygens (including phenoxy) is 3. The van der Waals surface area contributed by atoms with Gasteiger partial charge in [-0.3, -0.25) is 0 Å². The van der Waals surface area contributed by atoms with Crippen molar-refractivity contribution in [2.24, 2.45) is 0 Å². The molecule has 2 unspecified atom stereocenters. The number of rotatable bonds is 20. The second-order valence-corrected chi connectivity index (χ2v) is 43.1. The molecule has 144 heavy (non-hydrogen) atoms. The quantitative estimate of drug-likeness (QED) is 0.0753. The predicted molar refractivity (Wildman–Crippen MR) is 600 cm³/mol. The average Bonchev–Trinajstić information content (AvgIpc) is 1.53. The molecule has 7 nitrogen and oxygen atoms in total. The van der Waals surface area contributed by atoms with Crippen molar-refractivity contribution in [3.05, 3.63) is 453 Å². The van der Waals surface area contributed by atoms with Gasteiger partial charge in [-0.1, -0.05) is 241 Å². The molecule has 2 aliphatic carbocycles. The van der Waals surface area contributed by atoms with Crippen molar-refractivity contribution >= 4 is 68.2 Å². The van der Waals surface area contributed by atoms with Gasteiger partial charge in [-0.05, 0) is 459 Å². The van der Waals surface area contributed by atoms with Crippen LogP contribution in [0.2, 0.25) is 0 Å². The van der Waals surface area contributed by atoms with Gasteiger partial charge in [0.1, 0.15) is 0 Å². The minimum atomic E-state index is -2.83. The molecule has 0 amide bonds. The van der Waals surface area contributed by atoms with Gasteiger partial charge in [0.15, 0.2) is 0 Å². The molecule has 2 bridgehead atoms. The van der Waals surface area contributed by atoms with Crippen LogP contribution in [0.15, 0.2) is 364 Å². The Kier molecular flexibility index (Phi) is 27.0. The van der Waals surface area contributed by atoms with E-state index in [1.165, 1.54) is 130 Å². The third-order valence-electron chi connectivity index (χ3n) is 32.7. The van der Waals surface area contributed by atoms with Gasteiger partial charge in [-0.25, -0.2) is 8.78 Å². The van der Waals surface area contributed by atoms with Gasteiger partial charge in [-0.15, -0.1) is 0 Å². The Bertz CT molecular complexity index is 7090. The van der Waals surface area contributed by atoms with Crippen LogP contribution < -0.4 is 19.6 Å². The highest BCUT2D eigenvalue weighted by atomic mass is 19.3. The molecule has 9 heteroatoms. The topological polar surface area (TPSA) is 40.7 Å². The van der Waals surface area contributed by atoms with E-state index in [2.05, 4.69) is 440 Å². The maximum atomic E-state index is 15.4. The second kappa shape index (κ2) is 39.2. The first-order valence-electron chi connectivity index (χ1n) is 52.3. The number of halogens is 2. The van der Waals surface area contributed by atoms with Crippen LogP contribution in [0.3, 0.4) is 0 Å². The summed E-state index contributed by atoms with van der Waals surface area (Å²) in [6, 6.07) is 130. The number of nitrogens with zero attached hydrogens (tertiary/aromatic N) is 4. The Morgan fingerprint density at radius 3 is 0.750 bits per heavy atom. The van der Waals surface area contributed by atoms with Crippen molar-refractivity contribution in [1.82, 2.24) is 0 Å².